The molecule has 0 heterocycles. The third kappa shape index (κ3) is 8.12. The van der Waals surface area contributed by atoms with Crippen molar-refractivity contribution in [2.45, 2.75) is 52.3 Å². The number of carbonyl (C=O) groups excluding carboxylic acids is 1. The van der Waals surface area contributed by atoms with Gasteiger partial charge in [0, 0.05) is 7.11 Å². The number of allylic oxidation sites excluding steroid dienone is 2. The summed E-state index contributed by atoms with van der Waals surface area (Å²) < 4.78 is 33.6. The predicted molar refractivity (Wildman–Crippen MR) is 93.9 cm³/mol. The van der Waals surface area contributed by atoms with Crippen LogP contribution in [0.2, 0.25) is 0 Å². The summed E-state index contributed by atoms with van der Waals surface area (Å²) in [6.45, 7) is 9.32. The summed E-state index contributed by atoms with van der Waals surface area (Å²) in [4.78, 5) is 12.2. The molecule has 0 bridgehead atoms. The van der Waals surface area contributed by atoms with Crippen molar-refractivity contribution >= 4 is 13.6 Å². The van der Waals surface area contributed by atoms with Crippen LogP contribution in [-0.4, -0.2) is 44.2 Å². The molecule has 0 fully saturated rings. The molecule has 0 amide bonds. The number of methoxy groups -OCH3 is 1. The largest absolute Gasteiger partial charge is 0.465 e. The molecule has 24 heavy (non-hydrogen) atoms. The molecule has 0 aliphatic heterocycles. The summed E-state index contributed by atoms with van der Waals surface area (Å²) in [5.41, 5.74) is -1.57. The Morgan fingerprint density at radius 3 is 2.21 bits per heavy atom. The molecule has 0 saturated heterocycles. The highest BCUT2D eigenvalue weighted by Crippen LogP contribution is 2.54. The highest BCUT2D eigenvalue weighted by molar-refractivity contribution is 7.55. The summed E-state index contributed by atoms with van der Waals surface area (Å²) in [5, 5.41) is 0. The Hall–Kier alpha value is -1.12. The van der Waals surface area contributed by atoms with Gasteiger partial charge in [0.2, 0.25) is 0 Å². The topological polar surface area (TPSA) is 71.1 Å². The number of hydrogen-bond acceptors (Lipinski definition) is 6. The number of hydrogen-bond donors (Lipinski definition) is 0. The molecule has 0 saturated carbocycles. The molecule has 1 atom stereocenters. The van der Waals surface area contributed by atoms with Gasteiger partial charge in [0.05, 0.1) is 19.8 Å². The van der Waals surface area contributed by atoms with Crippen molar-refractivity contribution in [3.8, 4) is 11.8 Å². The maximum atomic E-state index is 12.9. The van der Waals surface area contributed by atoms with Crippen LogP contribution in [0.4, 0.5) is 0 Å². The molecule has 0 N–H and O–H groups in total. The van der Waals surface area contributed by atoms with Crippen LogP contribution in [0, 0.1) is 11.8 Å². The normalized spacial score (nSPS) is 13.4. The van der Waals surface area contributed by atoms with Crippen LogP contribution in [0.5, 0.6) is 0 Å². The van der Waals surface area contributed by atoms with Crippen molar-refractivity contribution in [1.82, 2.24) is 0 Å². The van der Waals surface area contributed by atoms with Gasteiger partial charge in [-0.15, -0.1) is 0 Å². The van der Waals surface area contributed by atoms with Gasteiger partial charge in [-0.25, -0.2) is 0 Å². The minimum atomic E-state index is -3.60. The Kier molecular flexibility index (Phi) is 10.9. The first kappa shape index (κ1) is 22.9. The average molecular weight is 360 g/mol. The zero-order valence-electron chi connectivity index (χ0n) is 15.5. The van der Waals surface area contributed by atoms with Gasteiger partial charge in [-0.2, -0.15) is 0 Å². The Bertz CT molecular complexity index is 505. The number of esters is 1. The molecule has 7 heteroatoms. The van der Waals surface area contributed by atoms with Crippen molar-refractivity contribution in [2.75, 3.05) is 26.9 Å². The quantitative estimate of drug-likeness (QED) is 0.337. The van der Waals surface area contributed by atoms with E-state index >= 15 is 0 Å². The monoisotopic (exact) mass is 360 g/mol. The first-order chi connectivity index (χ1) is 11.3. The summed E-state index contributed by atoms with van der Waals surface area (Å²) in [6, 6.07) is 0. The van der Waals surface area contributed by atoms with Crippen LogP contribution in [0.1, 0.15) is 41.0 Å². The molecule has 138 valence electrons. The van der Waals surface area contributed by atoms with E-state index in [1.165, 1.54) is 0 Å². The number of ether oxygens (including phenoxy) is 2. The van der Waals surface area contributed by atoms with E-state index in [1.54, 1.807) is 40.0 Å². The van der Waals surface area contributed by atoms with Crippen molar-refractivity contribution in [2.24, 2.45) is 0 Å². The first-order valence-corrected chi connectivity index (χ1v) is 9.65. The van der Waals surface area contributed by atoms with Gasteiger partial charge >= 0.3 is 13.6 Å². The fraction of sp³-hybridized carbons (Fsp3) is 0.706. The lowest BCUT2D eigenvalue weighted by atomic mass is 10.1. The summed E-state index contributed by atoms with van der Waals surface area (Å²) in [7, 11) is -2.02. The smallest absolute Gasteiger partial charge is 0.345 e. The third-order valence-corrected chi connectivity index (χ3v) is 5.42. The van der Waals surface area contributed by atoms with Gasteiger partial charge in [0.15, 0.2) is 5.66 Å². The van der Waals surface area contributed by atoms with Crippen molar-refractivity contribution in [1.29, 1.82) is 0 Å². The molecular weight excluding hydrogens is 331 g/mol. The molecule has 0 aliphatic rings. The van der Waals surface area contributed by atoms with Crippen LogP contribution >= 0.6 is 7.60 Å². The summed E-state index contributed by atoms with van der Waals surface area (Å²) >= 11 is 0. The Balaban J connectivity index is 5.22. The van der Waals surface area contributed by atoms with E-state index in [0.29, 0.717) is 0 Å². The molecule has 0 aromatic carbocycles. The second-order valence-electron chi connectivity index (χ2n) is 5.27. The maximum Gasteiger partial charge on any atom is 0.345 e. The Morgan fingerprint density at radius 1 is 1.17 bits per heavy atom. The highest BCUT2D eigenvalue weighted by Gasteiger charge is 2.41. The van der Waals surface area contributed by atoms with Crippen molar-refractivity contribution in [3.05, 3.63) is 12.2 Å². The van der Waals surface area contributed by atoms with Crippen LogP contribution in [0.3, 0.4) is 0 Å². The van der Waals surface area contributed by atoms with Crippen LogP contribution in [0.25, 0.3) is 0 Å². The third-order valence-electron chi connectivity index (χ3n) is 3.00. The molecule has 0 radical (unpaired) electrons. The lowest BCUT2D eigenvalue weighted by Crippen LogP contribution is -2.25. The SMILES string of the molecule is CCOC(=O)C(CC=CC#CC(C)(C)OC)P(=O)(OCC)OCC. The fourth-order valence-electron chi connectivity index (χ4n) is 1.69. The van der Waals surface area contributed by atoms with Gasteiger partial charge in [0.25, 0.3) is 0 Å². The van der Waals surface area contributed by atoms with E-state index in [1.807, 2.05) is 13.8 Å². The fourth-order valence-corrected chi connectivity index (χ4v) is 3.56. The van der Waals surface area contributed by atoms with Crippen molar-refractivity contribution in [3.63, 3.8) is 0 Å². The minimum Gasteiger partial charge on any atom is -0.465 e. The maximum absolute atomic E-state index is 12.9. The second-order valence-corrected chi connectivity index (χ2v) is 7.48. The highest BCUT2D eigenvalue weighted by atomic mass is 31.2. The molecule has 6 nitrogen and oxygen atoms in total. The van der Waals surface area contributed by atoms with E-state index in [9.17, 15) is 9.36 Å². The minimum absolute atomic E-state index is 0.151. The van der Waals surface area contributed by atoms with Gasteiger partial charge in [0.1, 0.15) is 5.60 Å². The van der Waals surface area contributed by atoms with E-state index in [-0.39, 0.29) is 26.2 Å². The van der Waals surface area contributed by atoms with Crippen LogP contribution < -0.4 is 0 Å². The lowest BCUT2D eigenvalue weighted by molar-refractivity contribution is -0.143. The Labute approximate surface area is 145 Å². The van der Waals surface area contributed by atoms with E-state index in [2.05, 4.69) is 11.8 Å². The Morgan fingerprint density at radius 2 is 1.75 bits per heavy atom. The zero-order valence-corrected chi connectivity index (χ0v) is 16.4. The van der Waals surface area contributed by atoms with Gasteiger partial charge in [-0.05, 0) is 47.1 Å². The average Bonchev–Trinajstić information content (AvgIpc) is 2.51. The zero-order chi connectivity index (χ0) is 18.6. The molecule has 1 unspecified atom stereocenters. The number of rotatable bonds is 10. The van der Waals surface area contributed by atoms with Gasteiger partial charge in [-0.3, -0.25) is 9.36 Å². The second kappa shape index (κ2) is 11.4. The summed E-state index contributed by atoms with van der Waals surface area (Å²) in [5.74, 6) is 5.16. The van der Waals surface area contributed by atoms with Crippen LogP contribution in [0.15, 0.2) is 12.2 Å². The van der Waals surface area contributed by atoms with Gasteiger partial charge < -0.3 is 18.5 Å². The lowest BCUT2D eigenvalue weighted by Gasteiger charge is -2.23. The standard InChI is InChI=1S/C17H29O6P/c1-7-21-16(18)15(24(19,22-8-2)23-9-3)13-11-10-12-14-17(4,5)20-6/h10-11,15H,7-9,13H2,1-6H3. The van der Waals surface area contributed by atoms with E-state index in [4.69, 9.17) is 18.5 Å². The van der Waals surface area contributed by atoms with E-state index in [0.717, 1.165) is 0 Å². The summed E-state index contributed by atoms with van der Waals surface area (Å²) in [6.07, 6.45) is 3.40. The molecule has 0 aromatic rings. The molecule has 0 rings (SSSR count). The molecule has 0 aromatic heterocycles. The molecule has 0 aliphatic carbocycles. The van der Waals surface area contributed by atoms with Gasteiger partial charge in [-0.1, -0.05) is 17.9 Å². The first-order valence-electron chi connectivity index (χ1n) is 8.04. The molecular formula is C17H29O6P. The molecule has 0 spiro atoms. The number of carbonyl (C=O) groups is 1. The van der Waals surface area contributed by atoms with Crippen molar-refractivity contribution < 1.29 is 27.9 Å². The van der Waals surface area contributed by atoms with E-state index < -0.39 is 24.8 Å². The predicted octanol–water partition coefficient (Wildman–Crippen LogP) is 3.56. The van der Waals surface area contributed by atoms with Crippen LogP contribution in [-0.2, 0) is 27.9 Å².